The molecule has 0 spiro atoms. The Hall–Kier alpha value is -3.29. The molecule has 0 fully saturated rings. The second-order valence-electron chi connectivity index (χ2n) is 6.06. The monoisotopic (exact) mass is 356 g/mol. The van der Waals surface area contributed by atoms with E-state index < -0.39 is 4.92 Å². The molecule has 0 bridgehead atoms. The van der Waals surface area contributed by atoms with Gasteiger partial charge in [-0.2, -0.15) is 0 Å². The van der Waals surface area contributed by atoms with Crippen LogP contribution in [0, 0.1) is 10.1 Å². The van der Waals surface area contributed by atoms with Gasteiger partial charge in [-0.3, -0.25) is 14.9 Å². The highest BCUT2D eigenvalue weighted by atomic mass is 16.6. The van der Waals surface area contributed by atoms with Gasteiger partial charge in [0.25, 0.3) is 5.69 Å². The van der Waals surface area contributed by atoms with Gasteiger partial charge in [0.2, 0.25) is 5.91 Å². The van der Waals surface area contributed by atoms with Gasteiger partial charge in [-0.15, -0.1) is 0 Å². The Morgan fingerprint density at radius 2 is 2.19 bits per heavy atom. The molecule has 1 aliphatic rings. The molecule has 0 radical (unpaired) electrons. The molecule has 0 atom stereocenters. The van der Waals surface area contributed by atoms with E-state index in [1.54, 1.807) is 6.07 Å². The third kappa shape index (κ3) is 3.53. The van der Waals surface area contributed by atoms with E-state index in [0.717, 1.165) is 36.3 Å². The first-order chi connectivity index (χ1) is 12.5. The van der Waals surface area contributed by atoms with Crippen LogP contribution in [0.25, 0.3) is 0 Å². The predicted molar refractivity (Wildman–Crippen MR) is 99.7 cm³/mol. The van der Waals surface area contributed by atoms with Gasteiger partial charge >= 0.3 is 0 Å². The van der Waals surface area contributed by atoms with Gasteiger partial charge in [-0.25, -0.2) is 0 Å². The van der Waals surface area contributed by atoms with Gasteiger partial charge < -0.3 is 20.7 Å². The number of methoxy groups -OCH3 is 1. The normalized spacial score (nSPS) is 13.0. The number of ether oxygens (including phenoxy) is 1. The molecule has 3 rings (SSSR count). The lowest BCUT2D eigenvalue weighted by Gasteiger charge is -2.31. The van der Waals surface area contributed by atoms with Crippen molar-refractivity contribution < 1.29 is 14.5 Å². The molecule has 0 unspecified atom stereocenters. The number of nitrogens with one attached hydrogen (secondary N) is 1. The lowest BCUT2D eigenvalue weighted by Crippen LogP contribution is -2.37. The minimum absolute atomic E-state index is 0.0969. The van der Waals surface area contributed by atoms with Crippen LogP contribution in [0.2, 0.25) is 0 Å². The number of carbonyl (C=O) groups is 1. The van der Waals surface area contributed by atoms with E-state index in [-0.39, 0.29) is 23.8 Å². The molecule has 0 aromatic heterocycles. The Labute approximate surface area is 150 Å². The van der Waals surface area contributed by atoms with Crippen LogP contribution in [0.4, 0.5) is 22.7 Å². The van der Waals surface area contributed by atoms with Crippen LogP contribution in [-0.2, 0) is 11.2 Å². The van der Waals surface area contributed by atoms with E-state index in [1.165, 1.54) is 19.2 Å². The topological polar surface area (TPSA) is 111 Å². The van der Waals surface area contributed by atoms with E-state index in [1.807, 2.05) is 23.1 Å². The average Bonchev–Trinajstić information content (AvgIpc) is 2.62. The fourth-order valence-electron chi connectivity index (χ4n) is 3.15. The van der Waals surface area contributed by atoms with Crippen molar-refractivity contribution in [2.75, 3.05) is 36.1 Å². The minimum atomic E-state index is -0.547. The first-order valence-electron chi connectivity index (χ1n) is 8.24. The summed E-state index contributed by atoms with van der Waals surface area (Å²) >= 11 is 0. The fraction of sp³-hybridized carbons (Fsp3) is 0.278. The summed E-state index contributed by atoms with van der Waals surface area (Å²) in [4.78, 5) is 25.1. The molecule has 1 amide bonds. The molecule has 3 N–H and O–H groups in total. The second-order valence-corrected chi connectivity index (χ2v) is 6.06. The third-order valence-corrected chi connectivity index (χ3v) is 4.39. The molecule has 0 saturated carbocycles. The Balaban J connectivity index is 1.77. The Kier molecular flexibility index (Phi) is 4.92. The second kappa shape index (κ2) is 7.30. The highest BCUT2D eigenvalue weighted by Gasteiger charge is 2.22. The first-order valence-corrected chi connectivity index (χ1v) is 8.24. The molecule has 2 aromatic carbocycles. The number of amides is 1. The zero-order valence-electron chi connectivity index (χ0n) is 14.4. The van der Waals surface area contributed by atoms with E-state index in [9.17, 15) is 14.9 Å². The summed E-state index contributed by atoms with van der Waals surface area (Å²) in [6.45, 7) is 0.828. The number of nitrogens with two attached hydrogens (primary N) is 1. The summed E-state index contributed by atoms with van der Waals surface area (Å²) in [7, 11) is 1.43. The van der Waals surface area contributed by atoms with Gasteiger partial charge in [0.05, 0.1) is 24.6 Å². The molecule has 8 nitrogen and oxygen atoms in total. The molecule has 0 aliphatic carbocycles. The van der Waals surface area contributed by atoms with Gasteiger partial charge in [-0.1, -0.05) is 6.07 Å². The Morgan fingerprint density at radius 1 is 1.38 bits per heavy atom. The van der Waals surface area contributed by atoms with Gasteiger partial charge in [0.15, 0.2) is 0 Å². The summed E-state index contributed by atoms with van der Waals surface area (Å²) in [5.74, 6) is 0.0312. The fourth-order valence-corrected chi connectivity index (χ4v) is 3.15. The number of carbonyl (C=O) groups excluding carboxylic acids is 1. The molecule has 1 heterocycles. The number of rotatable bonds is 5. The number of hydrogen-bond acceptors (Lipinski definition) is 6. The maximum absolute atomic E-state index is 12.5. The van der Waals surface area contributed by atoms with Crippen LogP contribution in [0.5, 0.6) is 5.75 Å². The van der Waals surface area contributed by atoms with E-state index in [0.29, 0.717) is 5.75 Å². The SMILES string of the molecule is COc1ccc(NC(=O)CN2CCCc3c(N)cccc32)c([N+](=O)[O-])c1. The maximum atomic E-state index is 12.5. The molecular weight excluding hydrogens is 336 g/mol. The van der Waals surface area contributed by atoms with Crippen molar-refractivity contribution in [1.82, 2.24) is 0 Å². The van der Waals surface area contributed by atoms with Crippen molar-refractivity contribution in [2.45, 2.75) is 12.8 Å². The van der Waals surface area contributed by atoms with Crippen LogP contribution >= 0.6 is 0 Å². The standard InChI is InChI=1S/C18H20N4O4/c1-26-12-7-8-15(17(10-12)22(24)25)20-18(23)11-21-9-3-4-13-14(19)5-2-6-16(13)21/h2,5-8,10H,3-4,9,11,19H2,1H3,(H,20,23). The lowest BCUT2D eigenvalue weighted by molar-refractivity contribution is -0.384. The third-order valence-electron chi connectivity index (χ3n) is 4.39. The molecule has 2 aromatic rings. The Bertz CT molecular complexity index is 853. The zero-order valence-corrected chi connectivity index (χ0v) is 14.4. The summed E-state index contributed by atoms with van der Waals surface area (Å²) in [6, 6.07) is 9.97. The van der Waals surface area contributed by atoms with E-state index in [4.69, 9.17) is 10.5 Å². The maximum Gasteiger partial charge on any atom is 0.296 e. The van der Waals surface area contributed by atoms with Gasteiger partial charge in [0.1, 0.15) is 11.4 Å². The Morgan fingerprint density at radius 3 is 2.92 bits per heavy atom. The van der Waals surface area contributed by atoms with Crippen LogP contribution in [-0.4, -0.2) is 31.0 Å². The minimum Gasteiger partial charge on any atom is -0.496 e. The van der Waals surface area contributed by atoms with Crippen molar-refractivity contribution in [3.63, 3.8) is 0 Å². The number of nitrogens with zero attached hydrogens (tertiary/aromatic N) is 2. The zero-order chi connectivity index (χ0) is 18.7. The smallest absolute Gasteiger partial charge is 0.296 e. The van der Waals surface area contributed by atoms with E-state index >= 15 is 0 Å². The number of hydrogen-bond donors (Lipinski definition) is 2. The molecular formula is C18H20N4O4. The summed E-state index contributed by atoms with van der Waals surface area (Å²) in [5, 5.41) is 13.9. The number of nitro groups is 1. The van der Waals surface area contributed by atoms with Gasteiger partial charge in [-0.05, 0) is 42.7 Å². The van der Waals surface area contributed by atoms with Crippen LogP contribution in [0.1, 0.15) is 12.0 Å². The highest BCUT2D eigenvalue weighted by molar-refractivity contribution is 5.96. The lowest BCUT2D eigenvalue weighted by atomic mass is 10.00. The summed E-state index contributed by atoms with van der Waals surface area (Å²) in [5.41, 5.74) is 8.67. The number of nitro benzene ring substituents is 1. The molecule has 26 heavy (non-hydrogen) atoms. The van der Waals surface area contributed by atoms with Crippen molar-refractivity contribution >= 4 is 28.7 Å². The number of nitrogen functional groups attached to an aromatic ring is 1. The van der Waals surface area contributed by atoms with Crippen LogP contribution in [0.15, 0.2) is 36.4 Å². The quantitative estimate of drug-likeness (QED) is 0.484. The molecule has 1 aliphatic heterocycles. The first kappa shape index (κ1) is 17.5. The largest absolute Gasteiger partial charge is 0.496 e. The summed E-state index contributed by atoms with van der Waals surface area (Å²) < 4.78 is 5.00. The van der Waals surface area contributed by atoms with Crippen LogP contribution < -0.4 is 20.7 Å². The molecule has 136 valence electrons. The number of anilines is 3. The van der Waals surface area contributed by atoms with Crippen molar-refractivity contribution in [2.24, 2.45) is 0 Å². The van der Waals surface area contributed by atoms with Gasteiger partial charge in [0, 0.05) is 17.9 Å². The number of benzene rings is 2. The van der Waals surface area contributed by atoms with Crippen molar-refractivity contribution in [3.05, 3.63) is 52.1 Å². The average molecular weight is 356 g/mol. The van der Waals surface area contributed by atoms with E-state index in [2.05, 4.69) is 5.32 Å². The van der Waals surface area contributed by atoms with Crippen molar-refractivity contribution in [1.29, 1.82) is 0 Å². The van der Waals surface area contributed by atoms with Crippen LogP contribution in [0.3, 0.4) is 0 Å². The van der Waals surface area contributed by atoms with Crippen molar-refractivity contribution in [3.8, 4) is 5.75 Å². The summed E-state index contributed by atoms with van der Waals surface area (Å²) in [6.07, 6.45) is 1.78. The molecule has 8 heteroatoms. The number of fused-ring (bicyclic) bond motifs is 1. The highest BCUT2D eigenvalue weighted by Crippen LogP contribution is 2.32. The molecule has 0 saturated heterocycles. The predicted octanol–water partition coefficient (Wildman–Crippen LogP) is 2.58.